The quantitative estimate of drug-likeness (QED) is 0.376. The van der Waals surface area contributed by atoms with E-state index in [0.717, 1.165) is 29.4 Å². The van der Waals surface area contributed by atoms with Crippen LogP contribution in [-0.4, -0.2) is 27.3 Å². The molecule has 3 aromatic carbocycles. The van der Waals surface area contributed by atoms with Gasteiger partial charge in [-0.05, 0) is 67.8 Å². The van der Waals surface area contributed by atoms with E-state index >= 15 is 0 Å². The van der Waals surface area contributed by atoms with E-state index < -0.39 is 0 Å². The molecule has 0 spiro atoms. The second kappa shape index (κ2) is 11.9. The van der Waals surface area contributed by atoms with Crippen LogP contribution in [0.2, 0.25) is 5.02 Å². The van der Waals surface area contributed by atoms with Crippen molar-refractivity contribution >= 4 is 11.6 Å². The van der Waals surface area contributed by atoms with Crippen LogP contribution in [0.3, 0.4) is 0 Å². The number of methoxy groups -OCH3 is 2. The molecule has 0 saturated carbocycles. The van der Waals surface area contributed by atoms with Crippen LogP contribution in [0.1, 0.15) is 42.1 Å². The summed E-state index contributed by atoms with van der Waals surface area (Å²) in [5, 5.41) is 8.10. The van der Waals surface area contributed by atoms with Gasteiger partial charge < -0.3 is 20.1 Å². The van der Waals surface area contributed by atoms with Gasteiger partial charge in [0.05, 0.1) is 14.2 Å². The van der Waals surface area contributed by atoms with Gasteiger partial charge >= 0.3 is 0 Å². The average Bonchev–Trinajstić information content (AvgIpc) is 2.85. The first kappa shape index (κ1) is 24.1. The lowest BCUT2D eigenvalue weighted by Gasteiger charge is -2.31. The molecule has 3 atom stereocenters. The van der Waals surface area contributed by atoms with Gasteiger partial charge in [-0.2, -0.15) is 0 Å². The molecule has 1 unspecified atom stereocenters. The van der Waals surface area contributed by atoms with Crippen molar-refractivity contribution in [2.24, 2.45) is 0 Å². The van der Waals surface area contributed by atoms with E-state index in [2.05, 4.69) is 72.2 Å². The van der Waals surface area contributed by atoms with Crippen molar-refractivity contribution in [3.63, 3.8) is 0 Å². The van der Waals surface area contributed by atoms with E-state index in [0.29, 0.717) is 0 Å². The zero-order chi connectivity index (χ0) is 22.9. The van der Waals surface area contributed by atoms with E-state index in [1.807, 2.05) is 25.2 Å². The molecular formula is C27H33ClN2O2. The Labute approximate surface area is 196 Å². The summed E-state index contributed by atoms with van der Waals surface area (Å²) in [6.07, 6.45) is 1.86. The fourth-order valence-electron chi connectivity index (χ4n) is 3.95. The predicted molar refractivity (Wildman–Crippen MR) is 133 cm³/mol. The van der Waals surface area contributed by atoms with E-state index in [1.54, 1.807) is 14.2 Å². The SMILES string of the molecule is CNC(C)[C@@H](N[C@@H](CCc1ccc(Cl)cc1)c1ccc(OC)c(OC)c1)c1ccccc1. The molecule has 0 aliphatic heterocycles. The van der Waals surface area contributed by atoms with E-state index in [9.17, 15) is 0 Å². The molecule has 0 saturated heterocycles. The van der Waals surface area contributed by atoms with Gasteiger partial charge in [0, 0.05) is 23.1 Å². The molecule has 0 bridgehead atoms. The maximum atomic E-state index is 6.07. The summed E-state index contributed by atoms with van der Waals surface area (Å²) in [5.41, 5.74) is 3.69. The summed E-state index contributed by atoms with van der Waals surface area (Å²) in [6, 6.07) is 25.4. The van der Waals surface area contributed by atoms with Crippen LogP contribution in [0.5, 0.6) is 11.5 Å². The maximum Gasteiger partial charge on any atom is 0.161 e. The lowest BCUT2D eigenvalue weighted by atomic mass is 9.94. The lowest BCUT2D eigenvalue weighted by Crippen LogP contribution is -2.40. The Kier molecular flexibility index (Phi) is 8.98. The molecule has 5 heteroatoms. The molecule has 2 N–H and O–H groups in total. The first-order valence-electron chi connectivity index (χ1n) is 11.0. The first-order chi connectivity index (χ1) is 15.5. The Morgan fingerprint density at radius 3 is 2.16 bits per heavy atom. The number of likely N-dealkylation sites (N-methyl/N-ethyl adjacent to an activating group) is 1. The standard InChI is InChI=1S/C27H33ClN2O2/c1-19(29-2)27(21-8-6-5-7-9-21)30-24(16-12-20-10-14-23(28)15-11-20)22-13-17-25(31-3)26(18-22)32-4/h5-11,13-15,17-19,24,27,29-30H,12,16H2,1-4H3/t19?,24-,27+/m0/s1. The molecule has 3 rings (SSSR count). The normalized spacial score (nSPS) is 13.9. The van der Waals surface area contributed by atoms with Crippen LogP contribution < -0.4 is 20.1 Å². The van der Waals surface area contributed by atoms with Crippen molar-refractivity contribution in [2.75, 3.05) is 21.3 Å². The second-order valence-corrected chi connectivity index (χ2v) is 8.40. The summed E-state index contributed by atoms with van der Waals surface area (Å²) in [4.78, 5) is 0. The average molecular weight is 453 g/mol. The van der Waals surface area contributed by atoms with Crippen molar-refractivity contribution in [3.8, 4) is 11.5 Å². The molecule has 0 radical (unpaired) electrons. The minimum Gasteiger partial charge on any atom is -0.493 e. The third kappa shape index (κ3) is 6.26. The van der Waals surface area contributed by atoms with Crippen molar-refractivity contribution in [3.05, 3.63) is 94.5 Å². The zero-order valence-electron chi connectivity index (χ0n) is 19.3. The predicted octanol–water partition coefficient (Wildman–Crippen LogP) is 5.97. The van der Waals surface area contributed by atoms with Crippen LogP contribution >= 0.6 is 11.6 Å². The van der Waals surface area contributed by atoms with E-state index in [1.165, 1.54) is 16.7 Å². The molecule has 32 heavy (non-hydrogen) atoms. The number of nitrogens with one attached hydrogen (secondary N) is 2. The van der Waals surface area contributed by atoms with Gasteiger partial charge in [0.15, 0.2) is 11.5 Å². The molecule has 170 valence electrons. The molecule has 4 nitrogen and oxygen atoms in total. The molecule has 0 aliphatic carbocycles. The van der Waals surface area contributed by atoms with Gasteiger partial charge in [0.2, 0.25) is 0 Å². The number of hydrogen-bond acceptors (Lipinski definition) is 4. The summed E-state index contributed by atoms with van der Waals surface area (Å²) in [6.45, 7) is 2.20. The van der Waals surface area contributed by atoms with Crippen molar-refractivity contribution < 1.29 is 9.47 Å². The van der Waals surface area contributed by atoms with E-state index in [4.69, 9.17) is 21.1 Å². The zero-order valence-corrected chi connectivity index (χ0v) is 20.0. The van der Waals surface area contributed by atoms with Crippen molar-refractivity contribution in [1.29, 1.82) is 0 Å². The van der Waals surface area contributed by atoms with E-state index in [-0.39, 0.29) is 18.1 Å². The summed E-state index contributed by atoms with van der Waals surface area (Å²) >= 11 is 6.07. The van der Waals surface area contributed by atoms with Crippen molar-refractivity contribution in [1.82, 2.24) is 10.6 Å². The summed E-state index contributed by atoms with van der Waals surface area (Å²) in [7, 11) is 5.34. The topological polar surface area (TPSA) is 42.5 Å². The Bertz CT molecular complexity index is 963. The number of aryl methyl sites for hydroxylation is 1. The van der Waals surface area contributed by atoms with Crippen LogP contribution in [0.4, 0.5) is 0 Å². The smallest absolute Gasteiger partial charge is 0.161 e. The van der Waals surface area contributed by atoms with Gasteiger partial charge in [-0.25, -0.2) is 0 Å². The van der Waals surface area contributed by atoms with Gasteiger partial charge in [-0.1, -0.05) is 60.1 Å². The Morgan fingerprint density at radius 2 is 1.53 bits per heavy atom. The Hall–Kier alpha value is -2.53. The lowest BCUT2D eigenvalue weighted by molar-refractivity contribution is 0.346. The van der Waals surface area contributed by atoms with Crippen LogP contribution in [0.15, 0.2) is 72.8 Å². The highest BCUT2D eigenvalue weighted by molar-refractivity contribution is 6.30. The largest absolute Gasteiger partial charge is 0.493 e. The molecule has 0 fully saturated rings. The number of rotatable bonds is 11. The second-order valence-electron chi connectivity index (χ2n) is 7.96. The summed E-state index contributed by atoms with van der Waals surface area (Å²) < 4.78 is 11.0. The minimum atomic E-state index is 0.117. The van der Waals surface area contributed by atoms with Gasteiger partial charge in [0.1, 0.15) is 0 Å². The number of halogens is 1. The monoisotopic (exact) mass is 452 g/mol. The first-order valence-corrected chi connectivity index (χ1v) is 11.4. The van der Waals surface area contributed by atoms with Crippen LogP contribution in [-0.2, 0) is 6.42 Å². The highest BCUT2D eigenvalue weighted by atomic mass is 35.5. The minimum absolute atomic E-state index is 0.117. The Balaban J connectivity index is 1.92. The Morgan fingerprint density at radius 1 is 0.844 bits per heavy atom. The van der Waals surface area contributed by atoms with Gasteiger partial charge in [-0.15, -0.1) is 0 Å². The maximum absolute atomic E-state index is 6.07. The number of hydrogen-bond donors (Lipinski definition) is 2. The third-order valence-corrected chi connectivity index (χ3v) is 6.19. The molecule has 0 aliphatic rings. The fraction of sp³-hybridized carbons (Fsp3) is 0.333. The number of ether oxygens (including phenoxy) is 2. The third-order valence-electron chi connectivity index (χ3n) is 5.94. The highest BCUT2D eigenvalue weighted by Gasteiger charge is 2.23. The molecule has 0 amide bonds. The highest BCUT2D eigenvalue weighted by Crippen LogP contribution is 2.33. The molecule has 0 aromatic heterocycles. The van der Waals surface area contributed by atoms with Crippen LogP contribution in [0, 0.1) is 0 Å². The molecule has 3 aromatic rings. The fourth-order valence-corrected chi connectivity index (χ4v) is 4.08. The molecule has 0 heterocycles. The molecular weight excluding hydrogens is 420 g/mol. The number of benzene rings is 3. The van der Waals surface area contributed by atoms with Gasteiger partial charge in [0.25, 0.3) is 0 Å². The van der Waals surface area contributed by atoms with Crippen LogP contribution in [0.25, 0.3) is 0 Å². The summed E-state index contributed by atoms with van der Waals surface area (Å²) in [5.74, 6) is 1.47. The van der Waals surface area contributed by atoms with Crippen molar-refractivity contribution in [2.45, 2.75) is 37.9 Å². The van der Waals surface area contributed by atoms with Gasteiger partial charge in [-0.3, -0.25) is 0 Å².